The lowest BCUT2D eigenvalue weighted by atomic mass is 9.49. The Morgan fingerprint density at radius 3 is 1.96 bits per heavy atom. The highest BCUT2D eigenvalue weighted by atomic mass is 32.2. The number of sulfone groups is 1. The molecule has 132 valence electrons. The summed E-state index contributed by atoms with van der Waals surface area (Å²) in [4.78, 5) is 12.4. The van der Waals surface area contributed by atoms with Gasteiger partial charge in [0.15, 0.2) is 0 Å². The number of hydrogen-bond acceptors (Lipinski definition) is 4. The molecular weight excluding hydrogens is 333 g/mol. The summed E-state index contributed by atoms with van der Waals surface area (Å²) in [5.41, 5.74) is -5.70. The first-order valence-electron chi connectivity index (χ1n) is 8.07. The van der Waals surface area contributed by atoms with Crippen LogP contribution in [0.4, 0.5) is 13.2 Å². The molecule has 0 spiro atoms. The highest BCUT2D eigenvalue weighted by Gasteiger charge is 2.55. The smallest absolute Gasteiger partial charge is 0.465 e. The van der Waals surface area contributed by atoms with Crippen LogP contribution in [0.3, 0.4) is 0 Å². The summed E-state index contributed by atoms with van der Waals surface area (Å²) in [6.45, 7) is -0.268. The first kappa shape index (κ1) is 17.0. The Labute approximate surface area is 133 Å². The third-order valence-electron chi connectivity index (χ3n) is 5.61. The molecule has 8 heteroatoms. The van der Waals surface area contributed by atoms with Crippen molar-refractivity contribution in [1.82, 2.24) is 0 Å². The van der Waals surface area contributed by atoms with Crippen LogP contribution >= 0.6 is 0 Å². The van der Waals surface area contributed by atoms with Crippen molar-refractivity contribution in [2.24, 2.45) is 23.2 Å². The van der Waals surface area contributed by atoms with E-state index >= 15 is 0 Å². The Balaban J connectivity index is 1.51. The summed E-state index contributed by atoms with van der Waals surface area (Å²) < 4.78 is 63.8. The van der Waals surface area contributed by atoms with Gasteiger partial charge in [-0.15, -0.1) is 0 Å². The van der Waals surface area contributed by atoms with Crippen molar-refractivity contribution in [1.29, 1.82) is 0 Å². The molecule has 4 aliphatic rings. The summed E-state index contributed by atoms with van der Waals surface area (Å²) in [5.74, 6) is 0.337. The molecule has 0 amide bonds. The summed E-state index contributed by atoms with van der Waals surface area (Å²) in [6, 6.07) is 0. The maximum absolute atomic E-state index is 12.4. The Morgan fingerprint density at radius 1 is 1.04 bits per heavy atom. The van der Waals surface area contributed by atoms with E-state index in [1.165, 1.54) is 19.3 Å². The Hall–Kier alpha value is -0.790. The van der Waals surface area contributed by atoms with E-state index in [9.17, 15) is 26.4 Å². The number of carbonyl (C=O) groups is 1. The van der Waals surface area contributed by atoms with Crippen LogP contribution in [0.25, 0.3) is 0 Å². The van der Waals surface area contributed by atoms with Gasteiger partial charge in [0, 0.05) is 0 Å². The van der Waals surface area contributed by atoms with E-state index in [0.29, 0.717) is 17.8 Å². The van der Waals surface area contributed by atoms with Gasteiger partial charge < -0.3 is 4.74 Å². The zero-order valence-corrected chi connectivity index (χ0v) is 13.6. The van der Waals surface area contributed by atoms with Gasteiger partial charge in [-0.3, -0.25) is 4.79 Å². The van der Waals surface area contributed by atoms with Crippen LogP contribution in [0, 0.1) is 23.2 Å². The molecule has 4 fully saturated rings. The van der Waals surface area contributed by atoms with Gasteiger partial charge in [0.05, 0.1) is 17.8 Å². The number of carbonyl (C=O) groups excluding carboxylic acids is 1. The Morgan fingerprint density at radius 2 is 1.52 bits per heavy atom. The molecule has 0 N–H and O–H groups in total. The summed E-state index contributed by atoms with van der Waals surface area (Å²) >= 11 is 0. The fraction of sp³-hybridized carbons (Fsp3) is 0.933. The van der Waals surface area contributed by atoms with E-state index in [1.807, 2.05) is 0 Å². The minimum atomic E-state index is -5.24. The molecule has 0 atom stereocenters. The predicted octanol–water partition coefficient (Wildman–Crippen LogP) is 3.07. The average molecular weight is 354 g/mol. The molecule has 0 aliphatic heterocycles. The zero-order valence-electron chi connectivity index (χ0n) is 12.8. The largest absolute Gasteiger partial charge is 0.497 e. The van der Waals surface area contributed by atoms with Crippen molar-refractivity contribution in [2.75, 3.05) is 12.4 Å². The summed E-state index contributed by atoms with van der Waals surface area (Å²) in [6.07, 6.45) is 5.67. The van der Waals surface area contributed by atoms with Crippen LogP contribution in [0.2, 0.25) is 0 Å². The average Bonchev–Trinajstić information content (AvgIpc) is 2.40. The van der Waals surface area contributed by atoms with E-state index in [-0.39, 0.29) is 19.0 Å². The molecule has 0 aromatic carbocycles. The van der Waals surface area contributed by atoms with E-state index < -0.39 is 26.5 Å². The molecule has 4 aliphatic carbocycles. The first-order valence-corrected chi connectivity index (χ1v) is 9.73. The number of hydrogen-bond donors (Lipinski definition) is 0. The van der Waals surface area contributed by atoms with E-state index in [2.05, 4.69) is 0 Å². The lowest BCUT2D eigenvalue weighted by Crippen LogP contribution is -2.50. The van der Waals surface area contributed by atoms with Gasteiger partial charge in [0.2, 0.25) is 9.84 Å². The number of esters is 1. The molecule has 0 heterocycles. The molecule has 0 saturated heterocycles. The third kappa shape index (κ3) is 3.23. The van der Waals surface area contributed by atoms with Crippen LogP contribution in [0.5, 0.6) is 0 Å². The lowest BCUT2D eigenvalue weighted by molar-refractivity contribution is -0.171. The van der Waals surface area contributed by atoms with Crippen LogP contribution in [0.1, 0.15) is 44.9 Å². The molecule has 0 aromatic rings. The second-order valence-electron chi connectivity index (χ2n) is 7.45. The minimum absolute atomic E-state index is 0.268. The third-order valence-corrected chi connectivity index (χ3v) is 7.15. The van der Waals surface area contributed by atoms with E-state index in [4.69, 9.17) is 4.74 Å². The quantitative estimate of drug-likeness (QED) is 0.562. The summed E-state index contributed by atoms with van der Waals surface area (Å²) in [5, 5.41) is 0. The van der Waals surface area contributed by atoms with Crippen molar-refractivity contribution < 1.29 is 31.1 Å². The van der Waals surface area contributed by atoms with Gasteiger partial charge in [0.1, 0.15) is 0 Å². The van der Waals surface area contributed by atoms with Gasteiger partial charge in [-0.05, 0) is 62.7 Å². The standard InChI is InChI=1S/C15H21F3O4S/c16-15(17,18)23(20,21)3-1-2-22-13(19)14-7-10-4-11(8-14)6-12(5-10)9-14/h10-12H,1-9H2. The SMILES string of the molecule is O=C(OCCCS(=O)(=O)C(F)(F)F)C12CC3CC(CC(C3)C1)C2. The van der Waals surface area contributed by atoms with Crippen molar-refractivity contribution in [3.63, 3.8) is 0 Å². The molecule has 4 saturated carbocycles. The second-order valence-corrected chi connectivity index (χ2v) is 9.55. The Kier molecular flexibility index (Phi) is 4.18. The van der Waals surface area contributed by atoms with Crippen molar-refractivity contribution in [2.45, 2.75) is 50.5 Å². The molecule has 0 aromatic heterocycles. The normalized spacial score (nSPS) is 36.2. The van der Waals surface area contributed by atoms with Crippen molar-refractivity contribution in [3.05, 3.63) is 0 Å². The maximum Gasteiger partial charge on any atom is 0.497 e. The van der Waals surface area contributed by atoms with Crippen LogP contribution < -0.4 is 0 Å². The molecule has 4 bridgehead atoms. The second kappa shape index (κ2) is 5.63. The number of alkyl halides is 3. The number of ether oxygens (including phenoxy) is 1. The number of rotatable bonds is 5. The Bertz CT molecular complexity index is 547. The fourth-order valence-electron chi connectivity index (χ4n) is 5.04. The van der Waals surface area contributed by atoms with Gasteiger partial charge in [-0.1, -0.05) is 0 Å². The van der Waals surface area contributed by atoms with Gasteiger partial charge in [0.25, 0.3) is 0 Å². The molecule has 4 rings (SSSR count). The van der Waals surface area contributed by atoms with Crippen molar-refractivity contribution >= 4 is 15.8 Å². The molecule has 0 unspecified atom stereocenters. The minimum Gasteiger partial charge on any atom is -0.465 e. The highest BCUT2D eigenvalue weighted by molar-refractivity contribution is 7.92. The van der Waals surface area contributed by atoms with Crippen LogP contribution in [0.15, 0.2) is 0 Å². The maximum atomic E-state index is 12.4. The van der Waals surface area contributed by atoms with Crippen LogP contribution in [-0.4, -0.2) is 32.3 Å². The van der Waals surface area contributed by atoms with Gasteiger partial charge in [-0.2, -0.15) is 13.2 Å². The lowest BCUT2D eigenvalue weighted by Gasteiger charge is -2.55. The van der Waals surface area contributed by atoms with Gasteiger partial charge >= 0.3 is 11.5 Å². The van der Waals surface area contributed by atoms with Crippen molar-refractivity contribution in [3.8, 4) is 0 Å². The van der Waals surface area contributed by atoms with Gasteiger partial charge in [-0.25, -0.2) is 8.42 Å². The highest BCUT2D eigenvalue weighted by Crippen LogP contribution is 2.60. The van der Waals surface area contributed by atoms with E-state index in [1.54, 1.807) is 0 Å². The van der Waals surface area contributed by atoms with E-state index in [0.717, 1.165) is 19.3 Å². The topological polar surface area (TPSA) is 60.4 Å². The molecule has 0 radical (unpaired) electrons. The zero-order chi connectivity index (χ0) is 16.9. The first-order chi connectivity index (χ1) is 10.6. The molecule has 4 nitrogen and oxygen atoms in total. The molecule has 23 heavy (non-hydrogen) atoms. The fourth-order valence-corrected chi connectivity index (χ4v) is 5.77. The summed E-state index contributed by atoms with van der Waals surface area (Å²) in [7, 11) is -5.13. The number of halogens is 3. The van der Waals surface area contributed by atoms with Crippen LogP contribution in [-0.2, 0) is 19.4 Å². The predicted molar refractivity (Wildman–Crippen MR) is 76.0 cm³/mol. The monoisotopic (exact) mass is 354 g/mol. The molecular formula is C15H21F3O4S.